The Balaban J connectivity index is 1.35. The van der Waals surface area contributed by atoms with E-state index in [1.165, 1.54) is 23.1 Å². The van der Waals surface area contributed by atoms with Gasteiger partial charge in [-0.05, 0) is 42.5 Å². The number of nitrogens with one attached hydrogen (secondary N) is 1. The number of anilines is 2. The van der Waals surface area contributed by atoms with Crippen LogP contribution in [0.2, 0.25) is 10.0 Å². The SMILES string of the molecule is O=C(CN1C(=O)/C(=c2\sc3nc(-c4ccc(Cl)cc4Cl)nn3c2=O)c2ccccc21)Nc1cccc(C(F)(F)F)c1. The first-order valence-corrected chi connectivity index (χ1v) is 13.4. The second kappa shape index (κ2) is 9.98. The number of aromatic nitrogens is 3. The molecule has 3 heterocycles. The quantitative estimate of drug-likeness (QED) is 0.305. The highest BCUT2D eigenvalue weighted by Crippen LogP contribution is 2.36. The van der Waals surface area contributed by atoms with Crippen LogP contribution in [-0.4, -0.2) is 33.0 Å². The van der Waals surface area contributed by atoms with E-state index in [0.29, 0.717) is 26.9 Å². The van der Waals surface area contributed by atoms with E-state index in [-0.39, 0.29) is 26.6 Å². The summed E-state index contributed by atoms with van der Waals surface area (Å²) in [4.78, 5) is 45.6. The summed E-state index contributed by atoms with van der Waals surface area (Å²) >= 11 is 13.2. The highest BCUT2D eigenvalue weighted by atomic mass is 35.5. The highest BCUT2D eigenvalue weighted by Gasteiger charge is 2.36. The zero-order valence-corrected chi connectivity index (χ0v) is 22.7. The number of hydrogen-bond acceptors (Lipinski definition) is 6. The van der Waals surface area contributed by atoms with Crippen molar-refractivity contribution in [3.63, 3.8) is 0 Å². The molecule has 2 amide bonds. The van der Waals surface area contributed by atoms with Crippen molar-refractivity contribution in [1.29, 1.82) is 0 Å². The van der Waals surface area contributed by atoms with Crippen molar-refractivity contribution in [1.82, 2.24) is 14.6 Å². The summed E-state index contributed by atoms with van der Waals surface area (Å²) in [7, 11) is 0. The van der Waals surface area contributed by atoms with E-state index in [4.69, 9.17) is 23.2 Å². The van der Waals surface area contributed by atoms with Crippen molar-refractivity contribution >= 4 is 68.3 Å². The van der Waals surface area contributed by atoms with Crippen molar-refractivity contribution in [3.05, 3.63) is 103 Å². The first-order valence-electron chi connectivity index (χ1n) is 11.8. The van der Waals surface area contributed by atoms with Gasteiger partial charge in [-0.3, -0.25) is 19.3 Å². The Morgan fingerprint density at radius 3 is 2.49 bits per heavy atom. The van der Waals surface area contributed by atoms with Gasteiger partial charge in [0.1, 0.15) is 11.1 Å². The molecular weight excluding hydrogens is 602 g/mol. The van der Waals surface area contributed by atoms with Gasteiger partial charge in [0.25, 0.3) is 11.5 Å². The average Bonchev–Trinajstić information content (AvgIpc) is 3.54. The summed E-state index contributed by atoms with van der Waals surface area (Å²) < 4.78 is 40.4. The molecule has 0 radical (unpaired) electrons. The second-order valence-corrected chi connectivity index (χ2v) is 10.7. The molecule has 0 atom stereocenters. The number of rotatable bonds is 4. The van der Waals surface area contributed by atoms with Crippen LogP contribution >= 0.6 is 34.5 Å². The van der Waals surface area contributed by atoms with E-state index >= 15 is 0 Å². The first kappa shape index (κ1) is 26.9. The molecule has 5 aromatic rings. The number of nitrogens with zero attached hydrogens (tertiary/aromatic N) is 4. The van der Waals surface area contributed by atoms with Crippen molar-refractivity contribution in [2.75, 3.05) is 16.8 Å². The van der Waals surface area contributed by atoms with Crippen LogP contribution in [0, 0.1) is 0 Å². The first-order chi connectivity index (χ1) is 19.5. The molecule has 0 saturated carbocycles. The number of fused-ring (bicyclic) bond motifs is 2. The lowest BCUT2D eigenvalue weighted by Crippen LogP contribution is -2.37. The fourth-order valence-electron chi connectivity index (χ4n) is 4.44. The summed E-state index contributed by atoms with van der Waals surface area (Å²) in [5.41, 5.74) is -0.234. The Hall–Kier alpha value is -4.26. The maximum atomic E-state index is 13.6. The molecule has 2 aromatic heterocycles. The van der Waals surface area contributed by atoms with Crippen LogP contribution in [0.15, 0.2) is 71.5 Å². The number of para-hydroxylation sites is 1. The number of carbonyl (C=O) groups is 2. The molecule has 0 bridgehead atoms. The van der Waals surface area contributed by atoms with E-state index in [9.17, 15) is 27.6 Å². The summed E-state index contributed by atoms with van der Waals surface area (Å²) in [6.07, 6.45) is -4.58. The number of thiazole rings is 1. The van der Waals surface area contributed by atoms with Gasteiger partial charge < -0.3 is 5.32 Å². The van der Waals surface area contributed by atoms with Gasteiger partial charge in [-0.25, -0.2) is 0 Å². The topological polar surface area (TPSA) is 96.7 Å². The Labute approximate surface area is 242 Å². The third-order valence-electron chi connectivity index (χ3n) is 6.26. The number of carbonyl (C=O) groups excluding carboxylic acids is 2. The predicted molar refractivity (Wildman–Crippen MR) is 149 cm³/mol. The van der Waals surface area contributed by atoms with Gasteiger partial charge in [-0.1, -0.05) is 58.8 Å². The second-order valence-electron chi connectivity index (χ2n) is 8.90. The van der Waals surface area contributed by atoms with Gasteiger partial charge in [-0.2, -0.15) is 22.7 Å². The van der Waals surface area contributed by atoms with Gasteiger partial charge in [0.05, 0.1) is 21.8 Å². The Morgan fingerprint density at radius 2 is 1.76 bits per heavy atom. The fraction of sp³-hybridized carbons (Fsp3) is 0.0741. The van der Waals surface area contributed by atoms with E-state index < -0.39 is 35.7 Å². The summed E-state index contributed by atoms with van der Waals surface area (Å²) in [5.74, 6) is -1.13. The van der Waals surface area contributed by atoms with Crippen LogP contribution in [0.3, 0.4) is 0 Å². The van der Waals surface area contributed by atoms with Crippen LogP contribution in [0.5, 0.6) is 0 Å². The molecule has 3 aromatic carbocycles. The molecule has 1 aliphatic rings. The smallest absolute Gasteiger partial charge is 0.325 e. The standard InChI is InChI=1S/C27H14Cl2F3N5O3S/c28-14-8-9-16(18(29)11-14)23-34-26-37(35-23)25(40)22(41-26)21-17-6-1-2-7-19(17)36(24(21)39)12-20(38)33-15-5-3-4-13(10-15)27(30,31)32/h1-11H,12H2,(H,33,38)/b22-21-. The summed E-state index contributed by atoms with van der Waals surface area (Å²) in [6.45, 7) is -0.496. The lowest BCUT2D eigenvalue weighted by molar-refractivity contribution is -0.137. The molecule has 0 saturated heterocycles. The van der Waals surface area contributed by atoms with Gasteiger partial charge in [0, 0.05) is 21.8 Å². The molecule has 206 valence electrons. The molecule has 41 heavy (non-hydrogen) atoms. The lowest BCUT2D eigenvalue weighted by Gasteiger charge is -2.17. The molecule has 6 rings (SSSR count). The number of halogens is 5. The number of benzene rings is 3. The predicted octanol–water partition coefficient (Wildman–Crippen LogP) is 5.05. The molecule has 0 unspecified atom stereocenters. The Kier molecular flexibility index (Phi) is 6.56. The van der Waals surface area contributed by atoms with Gasteiger partial charge >= 0.3 is 6.18 Å². The van der Waals surface area contributed by atoms with Gasteiger partial charge in [0.2, 0.25) is 10.9 Å². The zero-order valence-electron chi connectivity index (χ0n) is 20.4. The molecule has 8 nitrogen and oxygen atoms in total. The number of alkyl halides is 3. The van der Waals surface area contributed by atoms with Crippen LogP contribution in [0.25, 0.3) is 21.9 Å². The van der Waals surface area contributed by atoms with E-state index in [0.717, 1.165) is 28.0 Å². The molecule has 14 heteroatoms. The monoisotopic (exact) mass is 615 g/mol. The van der Waals surface area contributed by atoms with Crippen LogP contribution in [0.4, 0.5) is 24.5 Å². The molecule has 0 spiro atoms. The maximum absolute atomic E-state index is 13.6. The summed E-state index contributed by atoms with van der Waals surface area (Å²) in [6, 6.07) is 15.5. The Morgan fingerprint density at radius 1 is 0.976 bits per heavy atom. The molecule has 0 fully saturated rings. The van der Waals surface area contributed by atoms with Crippen molar-refractivity contribution < 1.29 is 22.8 Å². The largest absolute Gasteiger partial charge is 0.416 e. The molecule has 1 aliphatic heterocycles. The zero-order chi connectivity index (χ0) is 29.1. The van der Waals surface area contributed by atoms with Crippen molar-refractivity contribution in [2.24, 2.45) is 0 Å². The Bertz CT molecular complexity index is 2010. The highest BCUT2D eigenvalue weighted by molar-refractivity contribution is 7.15. The minimum atomic E-state index is -4.58. The van der Waals surface area contributed by atoms with Crippen molar-refractivity contribution in [3.8, 4) is 11.4 Å². The number of hydrogen-bond donors (Lipinski definition) is 1. The minimum Gasteiger partial charge on any atom is -0.325 e. The van der Waals surface area contributed by atoms with Crippen LogP contribution in [0.1, 0.15) is 11.1 Å². The van der Waals surface area contributed by atoms with Crippen LogP contribution in [-0.2, 0) is 15.8 Å². The molecular formula is C27H14Cl2F3N5O3S. The molecule has 0 aliphatic carbocycles. The van der Waals surface area contributed by atoms with E-state index in [1.54, 1.807) is 36.4 Å². The van der Waals surface area contributed by atoms with Crippen LogP contribution < -0.4 is 20.3 Å². The summed E-state index contributed by atoms with van der Waals surface area (Å²) in [5, 5.41) is 7.41. The molecule has 1 N–H and O–H groups in total. The van der Waals surface area contributed by atoms with Crippen molar-refractivity contribution in [2.45, 2.75) is 6.18 Å². The van der Waals surface area contributed by atoms with E-state index in [1.807, 2.05) is 0 Å². The van der Waals surface area contributed by atoms with E-state index in [2.05, 4.69) is 15.4 Å². The third kappa shape index (κ3) is 4.83. The lowest BCUT2D eigenvalue weighted by atomic mass is 10.1. The maximum Gasteiger partial charge on any atom is 0.416 e. The normalized spacial score (nSPS) is 14.6. The third-order valence-corrected chi connectivity index (χ3v) is 7.83. The fourth-order valence-corrected chi connectivity index (χ4v) is 5.93. The minimum absolute atomic E-state index is 0.0702. The number of amides is 2. The average molecular weight is 616 g/mol. The van der Waals surface area contributed by atoms with Gasteiger partial charge in [-0.15, -0.1) is 5.10 Å². The van der Waals surface area contributed by atoms with Gasteiger partial charge in [0.15, 0.2) is 5.82 Å².